The lowest BCUT2D eigenvalue weighted by Gasteiger charge is -2.01. The van der Waals surface area contributed by atoms with Gasteiger partial charge < -0.3 is 0 Å². The topological polar surface area (TPSA) is 115 Å². The van der Waals surface area contributed by atoms with Gasteiger partial charge in [0, 0.05) is 0 Å². The second kappa shape index (κ2) is 3.52. The molecular formula is C6H6FNO5S2. The van der Waals surface area contributed by atoms with E-state index in [9.17, 15) is 21.2 Å². The van der Waals surface area contributed by atoms with Crippen molar-refractivity contribution in [3.8, 4) is 0 Å². The number of hydrogen-bond donors (Lipinski definition) is 2. The molecule has 84 valence electrons. The molecule has 0 aliphatic carbocycles. The molecule has 0 heterocycles. The molecule has 0 saturated heterocycles. The van der Waals surface area contributed by atoms with Crippen LogP contribution in [-0.2, 0) is 20.1 Å². The van der Waals surface area contributed by atoms with E-state index in [1.807, 2.05) is 0 Å². The monoisotopic (exact) mass is 255 g/mol. The molecule has 0 amide bonds. The van der Waals surface area contributed by atoms with Gasteiger partial charge in [-0.15, -0.1) is 0 Å². The zero-order valence-corrected chi connectivity index (χ0v) is 8.72. The summed E-state index contributed by atoms with van der Waals surface area (Å²) in [6.07, 6.45) is 0. The molecule has 1 rings (SSSR count). The Morgan fingerprint density at radius 3 is 2.07 bits per heavy atom. The quantitative estimate of drug-likeness (QED) is 0.705. The van der Waals surface area contributed by atoms with E-state index in [2.05, 4.69) is 5.14 Å². The largest absolute Gasteiger partial charge is 0.297 e. The molecule has 0 aromatic heterocycles. The summed E-state index contributed by atoms with van der Waals surface area (Å²) in [5.41, 5.74) is 0. The fourth-order valence-electron chi connectivity index (χ4n) is 0.868. The van der Waals surface area contributed by atoms with E-state index < -0.39 is 35.7 Å². The minimum atomic E-state index is -4.71. The molecule has 0 fully saturated rings. The van der Waals surface area contributed by atoms with E-state index in [0.717, 1.165) is 6.07 Å². The highest BCUT2D eigenvalue weighted by Crippen LogP contribution is 2.17. The van der Waals surface area contributed by atoms with Crippen molar-refractivity contribution in [2.75, 3.05) is 0 Å². The van der Waals surface area contributed by atoms with Crippen LogP contribution in [0.4, 0.5) is 4.39 Å². The standard InChI is InChI=1S/C6H6FNO5S2/c7-5-3-4(14(8,9)10)1-2-6(5)15(11,12)13/h1-3H,(H2,8,9,10)(H,11,12,13). The summed E-state index contributed by atoms with van der Waals surface area (Å²) in [5.74, 6) is -1.39. The summed E-state index contributed by atoms with van der Waals surface area (Å²) in [6, 6.07) is 1.81. The Morgan fingerprint density at radius 2 is 1.73 bits per heavy atom. The number of halogens is 1. The van der Waals surface area contributed by atoms with Crippen molar-refractivity contribution in [3.63, 3.8) is 0 Å². The van der Waals surface area contributed by atoms with Gasteiger partial charge in [0.1, 0.15) is 10.7 Å². The maximum atomic E-state index is 13.0. The average Bonchev–Trinajstić information content (AvgIpc) is 1.99. The second-order valence-electron chi connectivity index (χ2n) is 2.61. The van der Waals surface area contributed by atoms with E-state index in [4.69, 9.17) is 4.55 Å². The highest BCUT2D eigenvalue weighted by Gasteiger charge is 2.18. The molecule has 0 saturated carbocycles. The van der Waals surface area contributed by atoms with E-state index in [0.29, 0.717) is 12.1 Å². The van der Waals surface area contributed by atoms with Gasteiger partial charge in [-0.1, -0.05) is 0 Å². The molecule has 0 bridgehead atoms. The summed E-state index contributed by atoms with van der Waals surface area (Å²) < 4.78 is 64.1. The SMILES string of the molecule is NS(=O)(=O)c1ccc(S(=O)(=O)O)c(F)c1. The molecule has 0 aliphatic heterocycles. The summed E-state index contributed by atoms with van der Waals surface area (Å²) >= 11 is 0. The number of nitrogens with two attached hydrogens (primary N) is 1. The molecule has 0 aliphatic rings. The van der Waals surface area contributed by atoms with Crippen LogP contribution < -0.4 is 5.14 Å². The second-order valence-corrected chi connectivity index (χ2v) is 5.56. The minimum absolute atomic E-state index is 0.415. The summed E-state index contributed by atoms with van der Waals surface area (Å²) in [5, 5.41) is 4.68. The average molecular weight is 255 g/mol. The van der Waals surface area contributed by atoms with E-state index in [1.165, 1.54) is 0 Å². The molecule has 6 nitrogen and oxygen atoms in total. The molecule has 1 aromatic carbocycles. The van der Waals surface area contributed by atoms with Gasteiger partial charge in [0.05, 0.1) is 4.90 Å². The van der Waals surface area contributed by atoms with Crippen LogP contribution in [-0.4, -0.2) is 21.4 Å². The first-order valence-corrected chi connectivity index (χ1v) is 6.41. The summed E-state index contributed by atoms with van der Waals surface area (Å²) in [7, 11) is -8.81. The van der Waals surface area contributed by atoms with Crippen LogP contribution in [0.25, 0.3) is 0 Å². The zero-order chi connectivity index (χ0) is 11.9. The van der Waals surface area contributed by atoms with Gasteiger partial charge in [0.2, 0.25) is 10.0 Å². The van der Waals surface area contributed by atoms with Crippen molar-refractivity contribution in [1.82, 2.24) is 0 Å². The third-order valence-electron chi connectivity index (χ3n) is 1.51. The number of hydrogen-bond acceptors (Lipinski definition) is 4. The first-order valence-electron chi connectivity index (χ1n) is 3.42. The maximum absolute atomic E-state index is 13.0. The van der Waals surface area contributed by atoms with Gasteiger partial charge in [-0.25, -0.2) is 17.9 Å². The van der Waals surface area contributed by atoms with Crippen molar-refractivity contribution in [1.29, 1.82) is 0 Å². The maximum Gasteiger partial charge on any atom is 0.297 e. The molecule has 0 radical (unpaired) electrons. The molecule has 0 unspecified atom stereocenters. The fraction of sp³-hybridized carbons (Fsp3) is 0. The van der Waals surface area contributed by atoms with E-state index in [-0.39, 0.29) is 0 Å². The summed E-state index contributed by atoms with van der Waals surface area (Å²) in [4.78, 5) is -1.58. The Kier molecular flexibility index (Phi) is 2.83. The molecule has 1 aromatic rings. The van der Waals surface area contributed by atoms with Crippen molar-refractivity contribution >= 4 is 20.1 Å². The first kappa shape index (κ1) is 12.0. The highest BCUT2D eigenvalue weighted by molar-refractivity contribution is 7.89. The zero-order valence-electron chi connectivity index (χ0n) is 7.08. The van der Waals surface area contributed by atoms with E-state index in [1.54, 1.807) is 0 Å². The molecule has 0 atom stereocenters. The third-order valence-corrected chi connectivity index (χ3v) is 3.31. The molecule has 9 heteroatoms. The molecule has 0 spiro atoms. The van der Waals surface area contributed by atoms with Crippen molar-refractivity contribution < 1.29 is 25.8 Å². The lowest BCUT2D eigenvalue weighted by atomic mass is 10.3. The van der Waals surface area contributed by atoms with Gasteiger partial charge in [-0.05, 0) is 18.2 Å². The van der Waals surface area contributed by atoms with Crippen molar-refractivity contribution in [3.05, 3.63) is 24.0 Å². The van der Waals surface area contributed by atoms with Crippen molar-refractivity contribution in [2.24, 2.45) is 5.14 Å². The molecular weight excluding hydrogens is 249 g/mol. The first-order chi connectivity index (χ1) is 6.62. The van der Waals surface area contributed by atoms with Gasteiger partial charge >= 0.3 is 0 Å². The Balaban J connectivity index is 3.47. The molecule has 3 N–H and O–H groups in total. The number of rotatable bonds is 2. The van der Waals surface area contributed by atoms with Crippen LogP contribution in [0.2, 0.25) is 0 Å². The molecule has 15 heavy (non-hydrogen) atoms. The van der Waals surface area contributed by atoms with Crippen LogP contribution in [0.5, 0.6) is 0 Å². The van der Waals surface area contributed by atoms with Crippen LogP contribution in [0, 0.1) is 5.82 Å². The lowest BCUT2D eigenvalue weighted by molar-refractivity contribution is 0.472. The van der Waals surface area contributed by atoms with Crippen LogP contribution in [0.15, 0.2) is 28.0 Å². The number of sulfonamides is 1. The Labute approximate surface area is 85.3 Å². The Hall–Kier alpha value is -1.03. The smallest absolute Gasteiger partial charge is 0.282 e. The fourth-order valence-corrected chi connectivity index (χ4v) is 1.94. The Bertz CT molecular complexity index is 592. The van der Waals surface area contributed by atoms with Gasteiger partial charge in [0.15, 0.2) is 0 Å². The van der Waals surface area contributed by atoms with Gasteiger partial charge in [0.25, 0.3) is 10.1 Å². The predicted octanol–water partition coefficient (Wildman–Crippen LogP) is -0.280. The van der Waals surface area contributed by atoms with Gasteiger partial charge in [-0.3, -0.25) is 4.55 Å². The van der Waals surface area contributed by atoms with Crippen LogP contribution in [0.1, 0.15) is 0 Å². The van der Waals surface area contributed by atoms with Crippen LogP contribution in [0.3, 0.4) is 0 Å². The summed E-state index contributed by atoms with van der Waals surface area (Å²) in [6.45, 7) is 0. The normalized spacial score (nSPS) is 12.7. The predicted molar refractivity (Wildman–Crippen MR) is 47.6 cm³/mol. The highest BCUT2D eigenvalue weighted by atomic mass is 32.2. The minimum Gasteiger partial charge on any atom is -0.282 e. The third kappa shape index (κ3) is 2.72. The lowest BCUT2D eigenvalue weighted by Crippen LogP contribution is -2.13. The number of primary sulfonamides is 1. The Morgan fingerprint density at radius 1 is 1.20 bits per heavy atom. The van der Waals surface area contributed by atoms with Gasteiger partial charge in [-0.2, -0.15) is 8.42 Å². The number of benzene rings is 1. The van der Waals surface area contributed by atoms with Crippen LogP contribution >= 0.6 is 0 Å². The van der Waals surface area contributed by atoms with E-state index >= 15 is 0 Å². The van der Waals surface area contributed by atoms with Crippen molar-refractivity contribution in [2.45, 2.75) is 9.79 Å².